The molecule has 60 valence electrons. The summed E-state index contributed by atoms with van der Waals surface area (Å²) in [6.45, 7) is 3.54. The number of hydrogen-bond acceptors (Lipinski definition) is 2. The molecule has 1 aromatic rings. The van der Waals surface area contributed by atoms with Gasteiger partial charge in [0.2, 0.25) is 0 Å². The number of nitrogens with one attached hydrogen (secondary N) is 2. The minimum atomic E-state index is -0.00606. The lowest BCUT2D eigenvalue weighted by molar-refractivity contribution is 0.720. The molecule has 1 rings (SSSR count). The smallest absolute Gasteiger partial charge is 0.252 e. The summed E-state index contributed by atoms with van der Waals surface area (Å²) < 4.78 is 0. The number of H-pyrrole nitrogens is 1. The highest BCUT2D eigenvalue weighted by atomic mass is 16.1. The van der Waals surface area contributed by atoms with Crippen molar-refractivity contribution in [3.05, 3.63) is 34.2 Å². The van der Waals surface area contributed by atoms with Gasteiger partial charge in [0.1, 0.15) is 0 Å². The molecule has 3 heteroatoms. The first-order valence-electron chi connectivity index (χ1n) is 3.72. The highest BCUT2D eigenvalue weighted by molar-refractivity contribution is 5.08. The summed E-state index contributed by atoms with van der Waals surface area (Å²) in [5.74, 6) is 0. The number of hydrogen-bond donors (Lipinski definition) is 2. The summed E-state index contributed by atoms with van der Waals surface area (Å²) in [4.78, 5) is 13.6. The Morgan fingerprint density at radius 1 is 1.64 bits per heavy atom. The van der Waals surface area contributed by atoms with Gasteiger partial charge in [0, 0.05) is 18.3 Å². The summed E-state index contributed by atoms with van der Waals surface area (Å²) >= 11 is 0. The molecule has 11 heavy (non-hydrogen) atoms. The van der Waals surface area contributed by atoms with Crippen LogP contribution in [-0.2, 0) is 6.54 Å². The van der Waals surface area contributed by atoms with Crippen LogP contribution in [0.25, 0.3) is 0 Å². The molecule has 0 atom stereocenters. The largest absolute Gasteiger partial charge is 0.329 e. The van der Waals surface area contributed by atoms with Crippen LogP contribution in [0.5, 0.6) is 0 Å². The molecule has 2 N–H and O–H groups in total. The molecule has 0 saturated carbocycles. The zero-order valence-electron chi connectivity index (χ0n) is 6.55. The Morgan fingerprint density at radius 2 is 2.45 bits per heavy atom. The van der Waals surface area contributed by atoms with Crippen molar-refractivity contribution in [1.29, 1.82) is 0 Å². The van der Waals surface area contributed by atoms with Gasteiger partial charge < -0.3 is 10.3 Å². The Labute approximate surface area is 65.5 Å². The maximum absolute atomic E-state index is 11.0. The number of aromatic nitrogens is 1. The molecule has 0 aliphatic heterocycles. The Balaban J connectivity index is 2.70. The van der Waals surface area contributed by atoms with Gasteiger partial charge in [-0.15, -0.1) is 0 Å². The van der Waals surface area contributed by atoms with Gasteiger partial charge in [-0.1, -0.05) is 13.0 Å². The van der Waals surface area contributed by atoms with Gasteiger partial charge >= 0.3 is 0 Å². The maximum Gasteiger partial charge on any atom is 0.252 e. The van der Waals surface area contributed by atoms with Gasteiger partial charge in [-0.25, -0.2) is 0 Å². The van der Waals surface area contributed by atoms with Crippen LogP contribution in [0.1, 0.15) is 12.5 Å². The Hall–Kier alpha value is -1.09. The average molecular weight is 152 g/mol. The van der Waals surface area contributed by atoms with Crippen LogP contribution in [0.15, 0.2) is 23.1 Å². The first-order valence-corrected chi connectivity index (χ1v) is 3.72. The average Bonchev–Trinajstić information content (AvgIpc) is 2.03. The second kappa shape index (κ2) is 3.93. The molecular formula is C8H12N2O. The second-order valence-corrected chi connectivity index (χ2v) is 2.30. The topological polar surface area (TPSA) is 44.9 Å². The number of rotatable bonds is 3. The van der Waals surface area contributed by atoms with Crippen LogP contribution in [0.2, 0.25) is 0 Å². The first-order chi connectivity index (χ1) is 5.34. The molecule has 0 amide bonds. The third-order valence-electron chi connectivity index (χ3n) is 1.47. The van der Waals surface area contributed by atoms with Crippen molar-refractivity contribution >= 4 is 0 Å². The van der Waals surface area contributed by atoms with E-state index in [0.717, 1.165) is 12.1 Å². The standard InChI is InChI=1S/C8H12N2O/c1-2-9-6-7-4-3-5-10-8(7)11/h3-5,9H,2,6H2,1H3,(H,10,11). The minimum absolute atomic E-state index is 0.00606. The summed E-state index contributed by atoms with van der Waals surface area (Å²) in [6.07, 6.45) is 1.64. The molecule has 0 aliphatic carbocycles. The van der Waals surface area contributed by atoms with Crippen LogP contribution < -0.4 is 10.9 Å². The zero-order valence-corrected chi connectivity index (χ0v) is 6.55. The van der Waals surface area contributed by atoms with Gasteiger partial charge in [0.25, 0.3) is 5.56 Å². The van der Waals surface area contributed by atoms with Gasteiger partial charge in [0.15, 0.2) is 0 Å². The molecule has 0 radical (unpaired) electrons. The van der Waals surface area contributed by atoms with E-state index in [-0.39, 0.29) is 5.56 Å². The van der Waals surface area contributed by atoms with Crippen LogP contribution in [0.4, 0.5) is 0 Å². The fourth-order valence-electron chi connectivity index (χ4n) is 0.855. The van der Waals surface area contributed by atoms with Gasteiger partial charge in [-0.2, -0.15) is 0 Å². The molecule has 0 aliphatic rings. The molecule has 0 unspecified atom stereocenters. The predicted molar refractivity (Wildman–Crippen MR) is 44.4 cm³/mol. The SMILES string of the molecule is CCNCc1ccc[nH]c1=O. The molecule has 0 spiro atoms. The van der Waals surface area contributed by atoms with Crippen molar-refractivity contribution in [3.63, 3.8) is 0 Å². The molecular weight excluding hydrogens is 140 g/mol. The molecule has 1 aromatic heterocycles. The molecule has 0 aromatic carbocycles. The monoisotopic (exact) mass is 152 g/mol. The molecule has 1 heterocycles. The summed E-state index contributed by atoms with van der Waals surface area (Å²) in [6, 6.07) is 3.65. The molecule has 0 bridgehead atoms. The second-order valence-electron chi connectivity index (χ2n) is 2.30. The first kappa shape index (κ1) is 8.01. The van der Waals surface area contributed by atoms with Crippen molar-refractivity contribution in [2.75, 3.05) is 6.54 Å². The quantitative estimate of drug-likeness (QED) is 0.661. The van der Waals surface area contributed by atoms with E-state index in [4.69, 9.17) is 0 Å². The normalized spacial score (nSPS) is 9.91. The van der Waals surface area contributed by atoms with E-state index in [1.54, 1.807) is 6.20 Å². The van der Waals surface area contributed by atoms with Crippen molar-refractivity contribution < 1.29 is 0 Å². The lowest BCUT2D eigenvalue weighted by Gasteiger charge is -1.98. The van der Waals surface area contributed by atoms with Crippen LogP contribution in [-0.4, -0.2) is 11.5 Å². The fraction of sp³-hybridized carbons (Fsp3) is 0.375. The highest BCUT2D eigenvalue weighted by Gasteiger charge is 1.94. The summed E-state index contributed by atoms with van der Waals surface area (Å²) in [7, 11) is 0. The Morgan fingerprint density at radius 3 is 3.09 bits per heavy atom. The minimum Gasteiger partial charge on any atom is -0.329 e. The van der Waals surface area contributed by atoms with E-state index < -0.39 is 0 Å². The van der Waals surface area contributed by atoms with Crippen molar-refractivity contribution in [3.8, 4) is 0 Å². The zero-order chi connectivity index (χ0) is 8.10. The lowest BCUT2D eigenvalue weighted by atomic mass is 10.3. The molecule has 0 fully saturated rings. The number of aromatic amines is 1. The maximum atomic E-state index is 11.0. The molecule has 3 nitrogen and oxygen atoms in total. The van der Waals surface area contributed by atoms with Crippen molar-refractivity contribution in [1.82, 2.24) is 10.3 Å². The van der Waals surface area contributed by atoms with Crippen molar-refractivity contribution in [2.24, 2.45) is 0 Å². The third kappa shape index (κ3) is 2.20. The van der Waals surface area contributed by atoms with E-state index in [9.17, 15) is 4.79 Å². The Kier molecular flexibility index (Phi) is 2.86. The number of pyridine rings is 1. The Bertz CT molecular complexity index is 267. The van der Waals surface area contributed by atoms with Gasteiger partial charge in [0.05, 0.1) is 0 Å². The highest BCUT2D eigenvalue weighted by Crippen LogP contribution is 1.86. The van der Waals surface area contributed by atoms with E-state index in [0.29, 0.717) is 6.54 Å². The van der Waals surface area contributed by atoms with E-state index in [1.807, 2.05) is 19.1 Å². The van der Waals surface area contributed by atoms with Crippen LogP contribution >= 0.6 is 0 Å². The fourth-order valence-corrected chi connectivity index (χ4v) is 0.855. The van der Waals surface area contributed by atoms with E-state index in [1.165, 1.54) is 0 Å². The van der Waals surface area contributed by atoms with Crippen molar-refractivity contribution in [2.45, 2.75) is 13.5 Å². The van der Waals surface area contributed by atoms with Gasteiger partial charge in [-0.3, -0.25) is 4.79 Å². The molecule has 0 saturated heterocycles. The summed E-state index contributed by atoms with van der Waals surface area (Å²) in [5, 5.41) is 3.09. The summed E-state index contributed by atoms with van der Waals surface area (Å²) in [5.41, 5.74) is 0.780. The lowest BCUT2D eigenvalue weighted by Crippen LogP contribution is -2.19. The van der Waals surface area contributed by atoms with Gasteiger partial charge in [-0.05, 0) is 12.6 Å². The van der Waals surface area contributed by atoms with E-state index >= 15 is 0 Å². The van der Waals surface area contributed by atoms with E-state index in [2.05, 4.69) is 10.3 Å². The third-order valence-corrected chi connectivity index (χ3v) is 1.47. The van der Waals surface area contributed by atoms with Crippen LogP contribution in [0.3, 0.4) is 0 Å². The van der Waals surface area contributed by atoms with Crippen LogP contribution in [0, 0.1) is 0 Å². The predicted octanol–water partition coefficient (Wildman–Crippen LogP) is 0.484.